The van der Waals surface area contributed by atoms with Crippen LogP contribution in [-0.4, -0.2) is 23.1 Å². The molecule has 2 rings (SSSR count). The molecule has 0 aliphatic carbocycles. The lowest BCUT2D eigenvalue weighted by molar-refractivity contribution is 0.407. The third-order valence-corrected chi connectivity index (χ3v) is 3.59. The molecule has 1 aromatic carbocycles. The van der Waals surface area contributed by atoms with Crippen molar-refractivity contribution in [3.05, 3.63) is 71.0 Å². The Morgan fingerprint density at radius 3 is 2.58 bits per heavy atom. The lowest BCUT2D eigenvalue weighted by Gasteiger charge is -2.31. The second-order valence-electron chi connectivity index (χ2n) is 7.25. The number of rotatable bonds is 6. The normalized spacial score (nSPS) is 11.1. The van der Waals surface area contributed by atoms with Crippen LogP contribution in [0.5, 0.6) is 0 Å². The van der Waals surface area contributed by atoms with Gasteiger partial charge in [0, 0.05) is 19.3 Å². The van der Waals surface area contributed by atoms with E-state index in [0.29, 0.717) is 13.1 Å². The van der Waals surface area contributed by atoms with E-state index >= 15 is 0 Å². The maximum absolute atomic E-state index is 9.07. The van der Waals surface area contributed by atoms with Gasteiger partial charge < -0.3 is 9.74 Å². The molecule has 0 bridgehead atoms. The standard InChI is InChI=1S/C21H23N5/c1-21(2,3)16-26(20-11-13-24-19(14-22)25-20)15-18-9-7-17(8-10-18)6-5-12-23-4/h5-11,13H,12,15-16H2,1-3H3. The van der Waals surface area contributed by atoms with Crippen molar-refractivity contribution in [2.24, 2.45) is 5.41 Å². The summed E-state index contributed by atoms with van der Waals surface area (Å²) in [6, 6.07) is 12.1. The highest BCUT2D eigenvalue weighted by Crippen LogP contribution is 2.22. The summed E-state index contributed by atoms with van der Waals surface area (Å²) < 4.78 is 0. The minimum Gasteiger partial charge on any atom is -0.352 e. The van der Waals surface area contributed by atoms with Gasteiger partial charge in [0.2, 0.25) is 12.4 Å². The average Bonchev–Trinajstić information content (AvgIpc) is 2.62. The molecule has 0 N–H and O–H groups in total. The first-order valence-corrected chi connectivity index (χ1v) is 8.48. The van der Waals surface area contributed by atoms with Crippen molar-refractivity contribution in [3.63, 3.8) is 0 Å². The van der Waals surface area contributed by atoms with Crippen molar-refractivity contribution < 1.29 is 0 Å². The maximum Gasteiger partial charge on any atom is 0.234 e. The second kappa shape index (κ2) is 8.78. The minimum atomic E-state index is 0.0835. The molecule has 0 atom stereocenters. The van der Waals surface area contributed by atoms with Gasteiger partial charge in [-0.05, 0) is 28.7 Å². The quantitative estimate of drug-likeness (QED) is 0.731. The van der Waals surface area contributed by atoms with Crippen molar-refractivity contribution in [1.29, 1.82) is 5.26 Å². The molecule has 0 saturated carbocycles. The monoisotopic (exact) mass is 345 g/mol. The van der Waals surface area contributed by atoms with Crippen LogP contribution < -0.4 is 4.90 Å². The first kappa shape index (κ1) is 19.1. The zero-order chi connectivity index (χ0) is 19.0. The van der Waals surface area contributed by atoms with Gasteiger partial charge in [-0.25, -0.2) is 16.5 Å². The molecule has 132 valence electrons. The predicted molar refractivity (Wildman–Crippen MR) is 104 cm³/mol. The van der Waals surface area contributed by atoms with Crippen LogP contribution >= 0.6 is 0 Å². The van der Waals surface area contributed by atoms with Crippen LogP contribution in [0.4, 0.5) is 5.82 Å². The molecule has 2 aromatic rings. The van der Waals surface area contributed by atoms with E-state index in [-0.39, 0.29) is 11.2 Å². The van der Waals surface area contributed by atoms with Crippen molar-refractivity contribution >= 4 is 11.9 Å². The zero-order valence-corrected chi connectivity index (χ0v) is 15.5. The Kier molecular flexibility index (Phi) is 6.47. The molecular formula is C21H23N5. The summed E-state index contributed by atoms with van der Waals surface area (Å²) >= 11 is 0. The second-order valence-corrected chi connectivity index (χ2v) is 7.25. The Balaban J connectivity index is 2.21. The van der Waals surface area contributed by atoms with Crippen LogP contribution in [0.3, 0.4) is 0 Å². The Morgan fingerprint density at radius 1 is 1.23 bits per heavy atom. The summed E-state index contributed by atoms with van der Waals surface area (Å²) in [6.45, 7) is 15.2. The third kappa shape index (κ3) is 6.03. The fourth-order valence-corrected chi connectivity index (χ4v) is 2.57. The number of benzene rings is 1. The lowest BCUT2D eigenvalue weighted by atomic mass is 9.95. The van der Waals surface area contributed by atoms with Gasteiger partial charge >= 0.3 is 0 Å². The summed E-state index contributed by atoms with van der Waals surface area (Å²) in [5.74, 6) is 0.939. The molecule has 26 heavy (non-hydrogen) atoms. The lowest BCUT2D eigenvalue weighted by Crippen LogP contribution is -2.33. The Hall–Kier alpha value is -3.18. The fourth-order valence-electron chi connectivity index (χ4n) is 2.57. The van der Waals surface area contributed by atoms with Crippen LogP contribution in [0.25, 0.3) is 10.9 Å². The fraction of sp³-hybridized carbons (Fsp3) is 0.333. The molecule has 0 fully saturated rings. The molecule has 0 aliphatic rings. The van der Waals surface area contributed by atoms with Gasteiger partial charge in [-0.3, -0.25) is 0 Å². The van der Waals surface area contributed by atoms with Gasteiger partial charge in [0.1, 0.15) is 11.9 Å². The molecule has 1 aromatic heterocycles. The Bertz CT molecular complexity index is 832. The van der Waals surface area contributed by atoms with Gasteiger partial charge in [0.05, 0.1) is 0 Å². The highest BCUT2D eigenvalue weighted by Gasteiger charge is 2.18. The van der Waals surface area contributed by atoms with E-state index < -0.39 is 0 Å². The summed E-state index contributed by atoms with van der Waals surface area (Å²) in [7, 11) is 0. The SMILES string of the molecule is [C-]#[N+]CC=Cc1ccc(CN(CC(C)(C)C)c2ccnc(C#N)n2)cc1. The molecule has 0 spiro atoms. The smallest absolute Gasteiger partial charge is 0.234 e. The van der Waals surface area contributed by atoms with Crippen molar-refractivity contribution in [1.82, 2.24) is 9.97 Å². The van der Waals surface area contributed by atoms with Crippen molar-refractivity contribution in [2.45, 2.75) is 27.3 Å². The molecule has 0 amide bonds. The zero-order valence-electron chi connectivity index (χ0n) is 15.5. The molecule has 0 aliphatic heterocycles. The number of hydrogen-bond donors (Lipinski definition) is 0. The summed E-state index contributed by atoms with van der Waals surface area (Å²) in [4.78, 5) is 13.8. The van der Waals surface area contributed by atoms with E-state index in [4.69, 9.17) is 11.8 Å². The van der Waals surface area contributed by atoms with Crippen LogP contribution in [0.1, 0.15) is 37.7 Å². The summed E-state index contributed by atoms with van der Waals surface area (Å²) in [6.07, 6.45) is 5.44. The molecule has 0 unspecified atom stereocenters. The van der Waals surface area contributed by atoms with E-state index in [1.807, 2.05) is 36.4 Å². The maximum atomic E-state index is 9.07. The van der Waals surface area contributed by atoms with Crippen LogP contribution in [0.2, 0.25) is 0 Å². The van der Waals surface area contributed by atoms with Gasteiger partial charge in [0.25, 0.3) is 0 Å². The first-order chi connectivity index (χ1) is 12.4. The Labute approximate surface area is 155 Å². The average molecular weight is 345 g/mol. The molecule has 5 heteroatoms. The number of aromatic nitrogens is 2. The molecule has 0 saturated heterocycles. The van der Waals surface area contributed by atoms with Gasteiger partial charge in [-0.1, -0.05) is 51.1 Å². The molecular weight excluding hydrogens is 322 g/mol. The van der Waals surface area contributed by atoms with Gasteiger partial charge in [-0.2, -0.15) is 5.26 Å². The summed E-state index contributed by atoms with van der Waals surface area (Å²) in [5.41, 5.74) is 2.32. The van der Waals surface area contributed by atoms with E-state index in [1.54, 1.807) is 6.20 Å². The summed E-state index contributed by atoms with van der Waals surface area (Å²) in [5, 5.41) is 9.07. The van der Waals surface area contributed by atoms with E-state index in [1.165, 1.54) is 0 Å². The molecule has 0 radical (unpaired) electrons. The largest absolute Gasteiger partial charge is 0.352 e. The van der Waals surface area contributed by atoms with E-state index in [0.717, 1.165) is 23.5 Å². The first-order valence-electron chi connectivity index (χ1n) is 8.48. The molecule has 5 nitrogen and oxygen atoms in total. The third-order valence-electron chi connectivity index (χ3n) is 3.59. The van der Waals surface area contributed by atoms with E-state index in [2.05, 4.69) is 52.6 Å². The number of anilines is 1. The highest BCUT2D eigenvalue weighted by molar-refractivity contribution is 5.50. The van der Waals surface area contributed by atoms with E-state index in [9.17, 15) is 0 Å². The van der Waals surface area contributed by atoms with Crippen molar-refractivity contribution in [3.8, 4) is 6.07 Å². The van der Waals surface area contributed by atoms with Crippen LogP contribution in [-0.2, 0) is 6.54 Å². The Morgan fingerprint density at radius 2 is 1.96 bits per heavy atom. The highest BCUT2D eigenvalue weighted by atomic mass is 15.2. The van der Waals surface area contributed by atoms with Crippen LogP contribution in [0.15, 0.2) is 42.6 Å². The minimum absolute atomic E-state index is 0.0835. The number of nitriles is 1. The van der Waals surface area contributed by atoms with Crippen molar-refractivity contribution in [2.75, 3.05) is 18.0 Å². The van der Waals surface area contributed by atoms with Gasteiger partial charge in [-0.15, -0.1) is 0 Å². The van der Waals surface area contributed by atoms with Crippen LogP contribution in [0, 0.1) is 23.3 Å². The number of nitrogens with zero attached hydrogens (tertiary/aromatic N) is 5. The topological polar surface area (TPSA) is 57.2 Å². The predicted octanol–water partition coefficient (Wildman–Crippen LogP) is 4.33. The van der Waals surface area contributed by atoms with Gasteiger partial charge in [0.15, 0.2) is 0 Å². The molecule has 1 heterocycles. The number of hydrogen-bond acceptors (Lipinski definition) is 4.